The number of esters is 2. The molecule has 0 aliphatic carbocycles. The summed E-state index contributed by atoms with van der Waals surface area (Å²) in [5.74, 6) is -6.45. The summed E-state index contributed by atoms with van der Waals surface area (Å²) < 4.78 is 11.0. The number of hydrogen-bond donors (Lipinski definition) is 13. The Morgan fingerprint density at radius 2 is 0.577 bits per heavy atom. The molecule has 6 saturated heterocycles. The molecule has 3 aromatic heterocycles. The van der Waals surface area contributed by atoms with Gasteiger partial charge in [-0.2, -0.15) is 0 Å². The summed E-state index contributed by atoms with van der Waals surface area (Å²) in [5.41, 5.74) is 26.9. The molecule has 6 aliphatic rings. The second-order valence-electron chi connectivity index (χ2n) is 37.3. The Bertz CT molecular complexity index is 6780. The highest BCUT2D eigenvalue weighted by Gasteiger charge is 2.50. The van der Waals surface area contributed by atoms with E-state index in [1.807, 2.05) is 255 Å². The number of nitrogens with one attached hydrogen (secondary N) is 13. The minimum Gasteiger partial charge on any atom is -0.460 e. The quantitative estimate of drug-likeness (QED) is 0.00876. The van der Waals surface area contributed by atoms with Crippen LogP contribution in [-0.4, -0.2) is 242 Å². The number of carbonyl (C=O) groups is 15. The molecule has 39 heteroatoms. The molecule has 0 bridgehead atoms. The Hall–Kier alpha value is -18.2. The van der Waals surface area contributed by atoms with E-state index in [9.17, 15) is 71.9 Å². The van der Waals surface area contributed by atoms with Crippen LogP contribution in [0.4, 0.5) is 0 Å². The van der Waals surface area contributed by atoms with Gasteiger partial charge in [-0.15, -0.1) is 6.42 Å². The molecule has 762 valence electrons. The molecule has 39 nitrogen and oxygen atoms in total. The Labute approximate surface area is 854 Å². The SMILES string of the molecule is C#CCC(=O)O[C@@H]1C[C@@H]2C(=O)N[C@@H](Cc3ccccc3)C(=O)N[C@H](Cc3c[nH]c4ccccc34)C(=O)N[C@@H](Cc3ccccc3)C(=O)N2C1.[N-]=[N+]=NCC(=O)N[C@@H]1C[C@@H]2C(=O)N[C@@H](Cc3ccccc3)C(=O)N[C@H](Cc3c[nH]c4ccccc34)C(=O)N[C@@H](Cc3ccccc3)C(=O)N2C1.[N-]=[N+]=NCC(=O)O[C@@H]1C[C@@H]2C(=O)N[C@@H](Cc3ccccc3)C(=O)N[C@H](Cc3c[nH]c4ccccc34)C(=O)N[C@@H](Cc3ccccc3)C(=O)N2C1. The van der Waals surface area contributed by atoms with Gasteiger partial charge in [0.25, 0.3) is 0 Å². The molecular formula is C110H110N22O17. The molecule has 18 rings (SSSR count). The average molecular weight is 2010 g/mol. The van der Waals surface area contributed by atoms with Crippen LogP contribution in [0.3, 0.4) is 0 Å². The van der Waals surface area contributed by atoms with Crippen molar-refractivity contribution in [3.05, 3.63) is 344 Å². The van der Waals surface area contributed by atoms with Crippen LogP contribution in [0.2, 0.25) is 0 Å². The molecule has 0 saturated carbocycles. The lowest BCUT2D eigenvalue weighted by atomic mass is 9.99. The number of azide groups is 2. The second kappa shape index (κ2) is 49.4. The van der Waals surface area contributed by atoms with Crippen molar-refractivity contribution in [2.75, 3.05) is 32.7 Å². The summed E-state index contributed by atoms with van der Waals surface area (Å²) in [7, 11) is 0. The smallest absolute Gasteiger partial charge is 0.318 e. The van der Waals surface area contributed by atoms with Gasteiger partial charge in [-0.25, -0.2) is 0 Å². The van der Waals surface area contributed by atoms with E-state index in [-0.39, 0.29) is 103 Å². The van der Waals surface area contributed by atoms with Gasteiger partial charge in [0, 0.05) is 144 Å². The summed E-state index contributed by atoms with van der Waals surface area (Å²) in [5, 5.41) is 37.9. The molecule has 0 spiro atoms. The molecule has 6 aliphatic heterocycles. The first-order valence-corrected chi connectivity index (χ1v) is 49.0. The highest BCUT2D eigenvalue weighted by molar-refractivity contribution is 6.03. The third-order valence-corrected chi connectivity index (χ3v) is 27.0. The molecule has 12 aromatic rings. The number of ether oxygens (including phenoxy) is 2. The molecule has 9 heterocycles. The topological polar surface area (TPSA) is 549 Å². The number of benzene rings is 9. The van der Waals surface area contributed by atoms with Crippen molar-refractivity contribution in [1.82, 2.24) is 82.8 Å². The maximum absolute atomic E-state index is 14.4. The van der Waals surface area contributed by atoms with Crippen molar-refractivity contribution in [3.63, 3.8) is 0 Å². The number of para-hydroxylation sites is 3. The lowest BCUT2D eigenvalue weighted by Gasteiger charge is -2.32. The average Bonchev–Trinajstić information content (AvgIpc) is 1.67. The number of amides is 13. The van der Waals surface area contributed by atoms with Crippen LogP contribution in [0.15, 0.2) is 284 Å². The van der Waals surface area contributed by atoms with E-state index in [1.54, 1.807) is 18.6 Å². The van der Waals surface area contributed by atoms with Crippen LogP contribution < -0.4 is 53.2 Å². The predicted molar refractivity (Wildman–Crippen MR) is 548 cm³/mol. The molecule has 9 aromatic carbocycles. The van der Waals surface area contributed by atoms with Gasteiger partial charge in [0.2, 0.25) is 76.8 Å². The van der Waals surface area contributed by atoms with E-state index in [0.717, 1.165) is 82.8 Å². The highest BCUT2D eigenvalue weighted by atomic mass is 16.5. The lowest BCUT2D eigenvalue weighted by molar-refractivity contribution is -0.148. The summed E-state index contributed by atoms with van der Waals surface area (Å²) in [6, 6.07) is 64.0. The number of rotatable bonds is 26. The molecule has 13 amide bonds. The first kappa shape index (κ1) is 104. The number of terminal acetylenes is 1. The Morgan fingerprint density at radius 1 is 0.322 bits per heavy atom. The van der Waals surface area contributed by atoms with Crippen molar-refractivity contribution < 1.29 is 81.4 Å². The van der Waals surface area contributed by atoms with E-state index < -0.39 is 193 Å². The van der Waals surface area contributed by atoms with Gasteiger partial charge in [-0.1, -0.05) is 253 Å². The summed E-state index contributed by atoms with van der Waals surface area (Å²) in [6.07, 6.45) is 9.76. The largest absolute Gasteiger partial charge is 0.460 e. The fraction of sp³-hybridized carbons (Fsp3) is 0.300. The fourth-order valence-corrected chi connectivity index (χ4v) is 19.7. The molecular weight excluding hydrogens is 1900 g/mol. The molecule has 6 fully saturated rings. The predicted octanol–water partition coefficient (Wildman–Crippen LogP) is 6.75. The maximum Gasteiger partial charge on any atom is 0.318 e. The normalized spacial score (nSPS) is 22.7. The van der Waals surface area contributed by atoms with Crippen LogP contribution in [0, 0.1) is 12.3 Å². The third kappa shape index (κ3) is 26.9. The summed E-state index contributed by atoms with van der Waals surface area (Å²) in [4.78, 5) is 226. The number of aromatic amines is 3. The minimum absolute atomic E-state index is 0.00273. The number of nitrogens with zero attached hydrogens (tertiary/aromatic N) is 9. The van der Waals surface area contributed by atoms with Crippen molar-refractivity contribution in [2.45, 2.75) is 174 Å². The Kier molecular flexibility index (Phi) is 34.4. The number of H-pyrrole nitrogens is 3. The Morgan fingerprint density at radius 3 is 0.886 bits per heavy atom. The van der Waals surface area contributed by atoms with Gasteiger partial charge >= 0.3 is 11.9 Å². The second-order valence-corrected chi connectivity index (χ2v) is 37.3. The number of aromatic nitrogens is 3. The van der Waals surface area contributed by atoms with E-state index >= 15 is 0 Å². The van der Waals surface area contributed by atoms with E-state index in [1.165, 1.54) is 14.7 Å². The van der Waals surface area contributed by atoms with Gasteiger partial charge in [0.15, 0.2) is 0 Å². The first-order valence-electron chi connectivity index (χ1n) is 49.0. The van der Waals surface area contributed by atoms with Gasteiger partial charge in [0.05, 0.1) is 13.1 Å². The monoisotopic (exact) mass is 2010 g/mol. The number of carbonyl (C=O) groups excluding carboxylic acids is 15. The van der Waals surface area contributed by atoms with Crippen molar-refractivity contribution in [1.29, 1.82) is 0 Å². The standard InChI is InChI=1S/C38H37N5O6.C36H37N9O5.C36H36N8O6/c1-2-11-34(44)49-27-21-33-37(47)41-30(18-24-12-5-3-6-13-24)35(45)40-31(20-26-22-39-29-17-10-9-16-28(26)29)36(46)42-32(38(48)43(33)23-27)19-25-14-7-4-8-15-25;37-44-39-20-32(46)40-25-18-31-35(49)42-28(15-22-9-3-1-4-10-22)33(47)41-29(17-24-19-38-27-14-8-7-13-26(24)27)34(48)43-30(36(50)45(31)21-25)16-23-11-5-2-6-12-23;37-43-39-20-32(45)50-25-18-31-35(48)41-28(15-22-9-3-1-4-10-22)33(46)40-29(17-24-19-38-27-14-8-7-13-26(24)27)34(47)42-30(36(49)44(31)21-25)16-23-11-5-2-6-12-23/h1,3-10,12-17,22,27,30-33,39H,11,18-21,23H2,(H,40,45)(H,41,47)(H,42,46);1-14,19,25,28-31,38H,15-18,20-21H2,(H,40,46)(H,41,47)(H,42,49)(H,43,48);1-14,19,25,28-31,38H,15-18,20-21H2,(H,40,46)(H,41,48)(H,42,47)/t27-,30+,31-,32+,33-;2*25-,28+,29-,30+,31-/m111/s1. The van der Waals surface area contributed by atoms with Crippen molar-refractivity contribution in [2.24, 2.45) is 10.2 Å². The lowest BCUT2D eigenvalue weighted by Crippen LogP contribution is -2.62. The highest BCUT2D eigenvalue weighted by Crippen LogP contribution is 2.31. The molecule has 0 radical (unpaired) electrons. The summed E-state index contributed by atoms with van der Waals surface area (Å²) >= 11 is 0. The van der Waals surface area contributed by atoms with E-state index in [0.29, 0.717) is 0 Å². The van der Waals surface area contributed by atoms with E-state index in [2.05, 4.69) is 94.1 Å². The van der Waals surface area contributed by atoms with Gasteiger partial charge in [0.1, 0.15) is 104 Å². The zero-order valence-electron chi connectivity index (χ0n) is 80.9. The first-order chi connectivity index (χ1) is 72.3. The summed E-state index contributed by atoms with van der Waals surface area (Å²) in [6.45, 7) is -1.26. The Balaban J connectivity index is 0.000000159. The van der Waals surface area contributed by atoms with Gasteiger partial charge in [-0.05, 0) is 85.8 Å². The molecule has 0 unspecified atom stereocenters. The molecule has 149 heavy (non-hydrogen) atoms. The van der Waals surface area contributed by atoms with Crippen molar-refractivity contribution in [3.8, 4) is 12.3 Å². The van der Waals surface area contributed by atoms with Gasteiger partial charge in [-0.3, -0.25) is 71.9 Å². The van der Waals surface area contributed by atoms with Crippen LogP contribution in [0.5, 0.6) is 0 Å². The third-order valence-electron chi connectivity index (χ3n) is 27.0. The van der Waals surface area contributed by atoms with Crippen LogP contribution in [0.25, 0.3) is 53.6 Å². The number of hydrogen-bond acceptors (Lipinski definition) is 19. The molecule has 15 atom stereocenters. The molecule has 13 N–H and O–H groups in total. The fourth-order valence-electron chi connectivity index (χ4n) is 19.7. The maximum atomic E-state index is 14.4. The minimum atomic E-state index is -1.13. The zero-order valence-corrected chi connectivity index (χ0v) is 80.9. The van der Waals surface area contributed by atoms with Crippen LogP contribution >= 0.6 is 0 Å². The zero-order chi connectivity index (χ0) is 104. The van der Waals surface area contributed by atoms with Crippen LogP contribution in [-0.2, 0) is 139 Å². The van der Waals surface area contributed by atoms with Crippen molar-refractivity contribution >= 4 is 121 Å². The van der Waals surface area contributed by atoms with Gasteiger partial charge < -0.3 is 92.3 Å². The van der Waals surface area contributed by atoms with E-state index in [4.69, 9.17) is 27.0 Å². The van der Waals surface area contributed by atoms with Crippen LogP contribution in [0.1, 0.15) is 75.8 Å². The number of fused-ring (bicyclic) bond motifs is 6.